The summed E-state index contributed by atoms with van der Waals surface area (Å²) in [7, 11) is -3.13. The molecule has 0 spiro atoms. The van der Waals surface area contributed by atoms with E-state index < -0.39 is 9.84 Å². The van der Waals surface area contributed by atoms with Crippen LogP contribution < -0.4 is 0 Å². The standard InChI is InChI=1S/C14H11ClO2S2/c15-10-5-7-11(8-6-10)18-13-9-19(16,17)14-4-2-1-3-12(13)14/h1-8,13H,9H2. The summed E-state index contributed by atoms with van der Waals surface area (Å²) in [4.78, 5) is 1.50. The van der Waals surface area contributed by atoms with Crippen LogP contribution in [0.15, 0.2) is 58.3 Å². The number of sulfone groups is 1. The molecule has 2 aromatic carbocycles. The molecule has 19 heavy (non-hydrogen) atoms. The largest absolute Gasteiger partial charge is 0.224 e. The van der Waals surface area contributed by atoms with Gasteiger partial charge in [-0.1, -0.05) is 29.8 Å². The lowest BCUT2D eigenvalue weighted by Crippen LogP contribution is -2.00. The average molecular weight is 311 g/mol. The fourth-order valence-electron chi connectivity index (χ4n) is 2.18. The molecule has 0 bridgehead atoms. The maximum absolute atomic E-state index is 12.1. The first-order valence-electron chi connectivity index (χ1n) is 5.80. The van der Waals surface area contributed by atoms with Crippen LogP contribution in [0.3, 0.4) is 0 Å². The molecule has 2 aromatic rings. The molecule has 0 aromatic heterocycles. The topological polar surface area (TPSA) is 34.1 Å². The van der Waals surface area contributed by atoms with Crippen molar-refractivity contribution >= 4 is 33.2 Å². The van der Waals surface area contributed by atoms with Crippen LogP contribution in [-0.2, 0) is 9.84 Å². The number of halogens is 1. The molecule has 0 amide bonds. The van der Waals surface area contributed by atoms with E-state index in [-0.39, 0.29) is 11.0 Å². The highest BCUT2D eigenvalue weighted by molar-refractivity contribution is 8.01. The van der Waals surface area contributed by atoms with Gasteiger partial charge in [-0.3, -0.25) is 0 Å². The third-order valence-corrected chi connectivity index (χ3v) is 6.59. The average Bonchev–Trinajstić information content (AvgIpc) is 2.65. The highest BCUT2D eigenvalue weighted by Gasteiger charge is 2.34. The van der Waals surface area contributed by atoms with Gasteiger partial charge in [-0.25, -0.2) is 8.42 Å². The van der Waals surface area contributed by atoms with Crippen molar-refractivity contribution in [2.45, 2.75) is 15.0 Å². The lowest BCUT2D eigenvalue weighted by atomic mass is 10.2. The van der Waals surface area contributed by atoms with Gasteiger partial charge in [0.05, 0.1) is 15.9 Å². The summed E-state index contributed by atoms with van der Waals surface area (Å²) in [5, 5.41) is 0.645. The summed E-state index contributed by atoms with van der Waals surface area (Å²) < 4.78 is 24.1. The molecule has 1 aliphatic heterocycles. The monoisotopic (exact) mass is 310 g/mol. The van der Waals surface area contributed by atoms with Crippen LogP contribution in [0.4, 0.5) is 0 Å². The fourth-order valence-corrected chi connectivity index (χ4v) is 5.76. The van der Waals surface area contributed by atoms with Crippen molar-refractivity contribution in [3.63, 3.8) is 0 Å². The van der Waals surface area contributed by atoms with Crippen molar-refractivity contribution in [2.75, 3.05) is 5.75 Å². The molecule has 1 atom stereocenters. The van der Waals surface area contributed by atoms with E-state index in [4.69, 9.17) is 11.6 Å². The van der Waals surface area contributed by atoms with Crippen molar-refractivity contribution in [2.24, 2.45) is 0 Å². The third kappa shape index (κ3) is 2.53. The normalized spacial score (nSPS) is 20.2. The Bertz CT molecular complexity index is 708. The molecule has 1 aliphatic rings. The molecule has 0 aliphatic carbocycles. The van der Waals surface area contributed by atoms with Crippen molar-refractivity contribution in [1.29, 1.82) is 0 Å². The number of hydrogen-bond acceptors (Lipinski definition) is 3. The lowest BCUT2D eigenvalue weighted by molar-refractivity contribution is 0.600. The van der Waals surface area contributed by atoms with Gasteiger partial charge >= 0.3 is 0 Å². The molecule has 2 nitrogen and oxygen atoms in total. The smallest absolute Gasteiger partial charge is 0.180 e. The SMILES string of the molecule is O=S1(=O)CC(Sc2ccc(Cl)cc2)c2ccccc21. The lowest BCUT2D eigenvalue weighted by Gasteiger charge is -2.09. The van der Waals surface area contributed by atoms with E-state index in [1.165, 1.54) is 0 Å². The first kappa shape index (κ1) is 13.0. The summed E-state index contributed by atoms with van der Waals surface area (Å²) in [6, 6.07) is 14.7. The van der Waals surface area contributed by atoms with Gasteiger partial charge < -0.3 is 0 Å². The van der Waals surface area contributed by atoms with E-state index >= 15 is 0 Å². The molecule has 1 heterocycles. The predicted octanol–water partition coefficient (Wildman–Crippen LogP) is 3.96. The second-order valence-corrected chi connectivity index (χ2v) is 8.09. The van der Waals surface area contributed by atoms with Crippen LogP contribution in [0.1, 0.15) is 10.8 Å². The Morgan fingerprint density at radius 1 is 1.05 bits per heavy atom. The maximum Gasteiger partial charge on any atom is 0.180 e. The maximum atomic E-state index is 12.1. The van der Waals surface area contributed by atoms with Crippen LogP contribution in [-0.4, -0.2) is 14.2 Å². The highest BCUT2D eigenvalue weighted by atomic mass is 35.5. The van der Waals surface area contributed by atoms with Crippen LogP contribution in [0.25, 0.3) is 0 Å². The summed E-state index contributed by atoms with van der Waals surface area (Å²) >= 11 is 7.42. The van der Waals surface area contributed by atoms with Gasteiger partial charge in [0, 0.05) is 9.92 Å². The van der Waals surface area contributed by atoms with Gasteiger partial charge in [-0.15, -0.1) is 11.8 Å². The molecule has 0 radical (unpaired) electrons. The Morgan fingerprint density at radius 3 is 2.47 bits per heavy atom. The van der Waals surface area contributed by atoms with Gasteiger partial charge in [0.15, 0.2) is 9.84 Å². The molecule has 0 N–H and O–H groups in total. The molecule has 0 saturated heterocycles. The van der Waals surface area contributed by atoms with E-state index in [0.29, 0.717) is 9.92 Å². The number of rotatable bonds is 2. The quantitative estimate of drug-likeness (QED) is 0.842. The van der Waals surface area contributed by atoms with Crippen LogP contribution in [0.5, 0.6) is 0 Å². The van der Waals surface area contributed by atoms with Gasteiger partial charge in [0.25, 0.3) is 0 Å². The third-order valence-electron chi connectivity index (χ3n) is 3.06. The minimum Gasteiger partial charge on any atom is -0.224 e. The number of fused-ring (bicyclic) bond motifs is 1. The predicted molar refractivity (Wildman–Crippen MR) is 78.5 cm³/mol. The summed E-state index contributed by atoms with van der Waals surface area (Å²) in [5.74, 6) is 0.166. The van der Waals surface area contributed by atoms with E-state index in [1.54, 1.807) is 23.9 Å². The Kier molecular flexibility index (Phi) is 3.33. The van der Waals surface area contributed by atoms with E-state index in [9.17, 15) is 8.42 Å². The zero-order valence-corrected chi connectivity index (χ0v) is 12.3. The van der Waals surface area contributed by atoms with Crippen LogP contribution in [0, 0.1) is 0 Å². The minimum absolute atomic E-state index is 0.0395. The number of thioether (sulfide) groups is 1. The first-order chi connectivity index (χ1) is 9.06. The second-order valence-electron chi connectivity index (χ2n) is 4.38. The molecular formula is C14H11ClO2S2. The minimum atomic E-state index is -3.13. The second kappa shape index (κ2) is 4.85. The Morgan fingerprint density at radius 2 is 1.74 bits per heavy atom. The summed E-state index contributed by atoms with van der Waals surface area (Å²) in [6.07, 6.45) is 0. The molecule has 1 unspecified atom stereocenters. The summed E-state index contributed by atoms with van der Waals surface area (Å²) in [6.45, 7) is 0. The number of hydrogen-bond donors (Lipinski definition) is 0. The van der Waals surface area contributed by atoms with Gasteiger partial charge in [0.1, 0.15) is 0 Å². The molecular weight excluding hydrogens is 300 g/mol. The highest BCUT2D eigenvalue weighted by Crippen LogP contribution is 2.44. The van der Waals surface area contributed by atoms with E-state index in [2.05, 4.69) is 0 Å². The molecule has 0 fully saturated rings. The molecule has 98 valence electrons. The van der Waals surface area contributed by atoms with Crippen LogP contribution in [0.2, 0.25) is 5.02 Å². The van der Waals surface area contributed by atoms with E-state index in [1.807, 2.05) is 36.4 Å². The Balaban J connectivity index is 1.94. The molecule has 5 heteroatoms. The van der Waals surface area contributed by atoms with Crippen molar-refractivity contribution < 1.29 is 8.42 Å². The zero-order chi connectivity index (χ0) is 13.5. The first-order valence-corrected chi connectivity index (χ1v) is 8.71. The zero-order valence-electron chi connectivity index (χ0n) is 9.91. The fraction of sp³-hybridized carbons (Fsp3) is 0.143. The van der Waals surface area contributed by atoms with Crippen molar-refractivity contribution in [3.05, 3.63) is 59.1 Å². The van der Waals surface area contributed by atoms with Gasteiger partial charge in [-0.2, -0.15) is 0 Å². The summed E-state index contributed by atoms with van der Waals surface area (Å²) in [5.41, 5.74) is 0.905. The van der Waals surface area contributed by atoms with Gasteiger partial charge in [-0.05, 0) is 35.9 Å². The van der Waals surface area contributed by atoms with Crippen LogP contribution >= 0.6 is 23.4 Å². The Hall–Kier alpha value is -0.970. The van der Waals surface area contributed by atoms with Crippen molar-refractivity contribution in [3.8, 4) is 0 Å². The van der Waals surface area contributed by atoms with E-state index in [0.717, 1.165) is 10.5 Å². The van der Waals surface area contributed by atoms with Gasteiger partial charge in [0.2, 0.25) is 0 Å². The Labute approximate surface area is 121 Å². The number of benzene rings is 2. The van der Waals surface area contributed by atoms with Crippen molar-refractivity contribution in [1.82, 2.24) is 0 Å². The molecule has 0 saturated carbocycles. The molecule has 3 rings (SSSR count).